The van der Waals surface area contributed by atoms with E-state index in [1.54, 1.807) is 0 Å². The number of aliphatic carboxylic acids is 1. The Morgan fingerprint density at radius 1 is 1.67 bits per heavy atom. The first kappa shape index (κ1) is 16.1. The van der Waals surface area contributed by atoms with E-state index >= 15 is 0 Å². The molecule has 0 aromatic rings. The summed E-state index contributed by atoms with van der Waals surface area (Å²) >= 11 is 0. The first-order valence-electron chi connectivity index (χ1n) is 0.928. The molecule has 4 heteroatoms. The van der Waals surface area contributed by atoms with Crippen molar-refractivity contribution < 1.29 is 30.3 Å². The van der Waals surface area contributed by atoms with E-state index < -0.39 is 5.97 Å². The topological polar surface area (TPSA) is 37.3 Å². The van der Waals surface area contributed by atoms with Gasteiger partial charge in [0, 0.05) is 27.3 Å². The van der Waals surface area contributed by atoms with Gasteiger partial charge in [-0.25, -0.2) is 0 Å². The van der Waals surface area contributed by atoms with Crippen molar-refractivity contribution in [3.05, 3.63) is 0 Å². The molecule has 0 saturated carbocycles. The molecule has 0 aliphatic carbocycles. The van der Waals surface area contributed by atoms with Gasteiger partial charge in [0.2, 0.25) is 0 Å². The van der Waals surface area contributed by atoms with Gasteiger partial charge in [-0.05, 0) is 0 Å². The first-order valence-corrected chi connectivity index (χ1v) is 0.928. The van der Waals surface area contributed by atoms with Gasteiger partial charge in [-0.15, -0.1) is 12.4 Å². The summed E-state index contributed by atoms with van der Waals surface area (Å²) in [4.78, 5) is 9.00. The second-order valence-electron chi connectivity index (χ2n) is 0.519. The summed E-state index contributed by atoms with van der Waals surface area (Å²) in [6.45, 7) is 1.08. The van der Waals surface area contributed by atoms with Crippen molar-refractivity contribution in [1.29, 1.82) is 0 Å². The van der Waals surface area contributed by atoms with Crippen LogP contribution in [0.3, 0.4) is 0 Å². The predicted octanol–water partition coefficient (Wildman–Crippen LogP) is 0.510. The Labute approximate surface area is 56.0 Å². The fourth-order valence-electron chi connectivity index (χ4n) is 0. The smallest absolute Gasteiger partial charge is 0.300 e. The van der Waals surface area contributed by atoms with Crippen molar-refractivity contribution >= 4 is 18.4 Å². The molecule has 6 heavy (non-hydrogen) atoms. The van der Waals surface area contributed by atoms with Gasteiger partial charge < -0.3 is 5.11 Å². The molecule has 0 spiro atoms. The molecule has 0 aliphatic rings. The summed E-state index contributed by atoms with van der Waals surface area (Å²) in [6.07, 6.45) is 0. The van der Waals surface area contributed by atoms with E-state index in [1.807, 2.05) is 0 Å². The Hall–Kier alpha value is 0.422. The van der Waals surface area contributed by atoms with Gasteiger partial charge in [-0.1, -0.05) is 0 Å². The maximum atomic E-state index is 9.00. The van der Waals surface area contributed by atoms with Crippen molar-refractivity contribution in [2.45, 2.75) is 6.92 Å². The van der Waals surface area contributed by atoms with Crippen molar-refractivity contribution in [2.24, 2.45) is 0 Å². The van der Waals surface area contributed by atoms with Crippen LogP contribution >= 0.6 is 12.4 Å². The Balaban J connectivity index is -0.0000000450. The zero-order valence-electron chi connectivity index (χ0n) is 3.08. The first-order chi connectivity index (χ1) is 1.73. The molecule has 0 radical (unpaired) electrons. The van der Waals surface area contributed by atoms with Crippen LogP contribution in [0.5, 0.6) is 0 Å². The number of rotatable bonds is 0. The van der Waals surface area contributed by atoms with Gasteiger partial charge in [0.1, 0.15) is 0 Å². The van der Waals surface area contributed by atoms with Crippen LogP contribution in [0, 0.1) is 0 Å². The standard InChI is InChI=1S/C2H4O2.ClH.Pd/c1-2(3)4;;/h1H3,(H,3,4);1H;. The fourth-order valence-corrected chi connectivity index (χ4v) is 0. The average molecular weight is 203 g/mol. The van der Waals surface area contributed by atoms with Gasteiger partial charge in [-0.3, -0.25) is 4.79 Å². The van der Waals surface area contributed by atoms with E-state index in [1.165, 1.54) is 0 Å². The maximum Gasteiger partial charge on any atom is 0.300 e. The molecule has 42 valence electrons. The molecule has 0 atom stereocenters. The third-order valence-electron chi connectivity index (χ3n) is 0. The maximum absolute atomic E-state index is 9.00. The molecule has 0 fully saturated rings. The van der Waals surface area contributed by atoms with Crippen LogP contribution < -0.4 is 0 Å². The Morgan fingerprint density at radius 2 is 1.67 bits per heavy atom. The molecule has 0 aliphatic heterocycles. The molecule has 2 nitrogen and oxygen atoms in total. The van der Waals surface area contributed by atoms with Crippen LogP contribution in [0.2, 0.25) is 0 Å². The van der Waals surface area contributed by atoms with E-state index in [2.05, 4.69) is 0 Å². The number of hydrogen-bond acceptors (Lipinski definition) is 1. The third-order valence-corrected chi connectivity index (χ3v) is 0. The zero-order chi connectivity index (χ0) is 3.58. The minimum absolute atomic E-state index is 0. The van der Waals surface area contributed by atoms with Crippen LogP contribution in [0.15, 0.2) is 0 Å². The Bertz CT molecular complexity index is 34.5. The summed E-state index contributed by atoms with van der Waals surface area (Å²) in [7, 11) is 0. The molecule has 0 aromatic heterocycles. The van der Waals surface area contributed by atoms with Crippen LogP contribution in [0.4, 0.5) is 0 Å². The number of hydrogen-bond donors (Lipinski definition) is 1. The predicted molar refractivity (Wildman–Crippen MR) is 20.6 cm³/mol. The Morgan fingerprint density at radius 3 is 1.67 bits per heavy atom. The van der Waals surface area contributed by atoms with Crippen molar-refractivity contribution in [3.8, 4) is 0 Å². The third kappa shape index (κ3) is 290. The molecular formula is C2H5ClO2Pd. The van der Waals surface area contributed by atoms with Crippen LogP contribution in [-0.2, 0) is 25.2 Å². The number of halogens is 1. The molecule has 0 saturated heterocycles. The number of carboxylic acids is 1. The quantitative estimate of drug-likeness (QED) is 0.582. The summed E-state index contributed by atoms with van der Waals surface area (Å²) in [5.41, 5.74) is 0. The van der Waals surface area contributed by atoms with Crippen LogP contribution in [-0.4, -0.2) is 11.1 Å². The molecule has 0 aromatic carbocycles. The van der Waals surface area contributed by atoms with Crippen LogP contribution in [0.25, 0.3) is 0 Å². The minimum Gasteiger partial charge on any atom is -0.481 e. The Kier molecular flexibility index (Phi) is 24.3. The SMILES string of the molecule is CC(=O)O.Cl.[Pd]. The van der Waals surface area contributed by atoms with E-state index in [-0.39, 0.29) is 32.8 Å². The van der Waals surface area contributed by atoms with Gasteiger partial charge in [-0.2, -0.15) is 0 Å². The van der Waals surface area contributed by atoms with Crippen molar-refractivity contribution in [3.63, 3.8) is 0 Å². The summed E-state index contributed by atoms with van der Waals surface area (Å²) in [5.74, 6) is -0.833. The van der Waals surface area contributed by atoms with E-state index in [0.717, 1.165) is 6.92 Å². The largest absolute Gasteiger partial charge is 0.481 e. The molecule has 0 heterocycles. The van der Waals surface area contributed by atoms with E-state index in [4.69, 9.17) is 9.90 Å². The molecular weight excluding hydrogens is 198 g/mol. The molecule has 0 unspecified atom stereocenters. The monoisotopic (exact) mass is 202 g/mol. The molecule has 0 bridgehead atoms. The molecule has 0 rings (SSSR count). The van der Waals surface area contributed by atoms with Gasteiger partial charge >= 0.3 is 0 Å². The molecule has 0 amide bonds. The second-order valence-corrected chi connectivity index (χ2v) is 0.519. The van der Waals surface area contributed by atoms with Crippen molar-refractivity contribution in [1.82, 2.24) is 0 Å². The summed E-state index contributed by atoms with van der Waals surface area (Å²) in [6, 6.07) is 0. The van der Waals surface area contributed by atoms with Crippen molar-refractivity contribution in [2.75, 3.05) is 0 Å². The average Bonchev–Trinajstić information content (AvgIpc) is 0.811. The zero-order valence-corrected chi connectivity index (χ0v) is 5.45. The van der Waals surface area contributed by atoms with Crippen LogP contribution in [0.1, 0.15) is 6.92 Å². The summed E-state index contributed by atoms with van der Waals surface area (Å²) in [5, 5.41) is 7.42. The second kappa shape index (κ2) is 9.05. The number of carboxylic acid groups (broad SMARTS) is 1. The van der Waals surface area contributed by atoms with E-state index in [9.17, 15) is 0 Å². The molecule has 1 N–H and O–H groups in total. The normalized spacial score (nSPS) is 4.17. The minimum atomic E-state index is -0.833. The van der Waals surface area contributed by atoms with Gasteiger partial charge in [0.25, 0.3) is 5.97 Å². The van der Waals surface area contributed by atoms with Gasteiger partial charge in [0.05, 0.1) is 0 Å². The van der Waals surface area contributed by atoms with E-state index in [0.29, 0.717) is 0 Å². The van der Waals surface area contributed by atoms with Gasteiger partial charge in [0.15, 0.2) is 0 Å². The summed E-state index contributed by atoms with van der Waals surface area (Å²) < 4.78 is 0. The fraction of sp³-hybridized carbons (Fsp3) is 0.500. The number of carbonyl (C=O) groups is 1.